The van der Waals surface area contributed by atoms with Crippen molar-refractivity contribution in [1.29, 1.82) is 0 Å². The lowest BCUT2D eigenvalue weighted by molar-refractivity contribution is -0.121. The summed E-state index contributed by atoms with van der Waals surface area (Å²) < 4.78 is 5.24. The third-order valence-electron chi connectivity index (χ3n) is 4.06. The lowest BCUT2D eigenvalue weighted by atomic mass is 10.2. The quantitative estimate of drug-likeness (QED) is 0.486. The average molecular weight is 411 g/mol. The first-order valence-corrected chi connectivity index (χ1v) is 10.5. The highest BCUT2D eigenvalue weighted by atomic mass is 32.1. The minimum absolute atomic E-state index is 0.0427. The highest BCUT2D eigenvalue weighted by Gasteiger charge is 2.11. The van der Waals surface area contributed by atoms with Crippen molar-refractivity contribution in [3.63, 3.8) is 0 Å². The van der Waals surface area contributed by atoms with Gasteiger partial charge in [0, 0.05) is 28.7 Å². The minimum Gasteiger partial charge on any atom is -0.351 e. The van der Waals surface area contributed by atoms with Crippen LogP contribution in [0.1, 0.15) is 22.2 Å². The molecule has 0 fully saturated rings. The van der Waals surface area contributed by atoms with Crippen molar-refractivity contribution in [3.05, 3.63) is 63.6 Å². The number of thiazole rings is 1. The van der Waals surface area contributed by atoms with Gasteiger partial charge in [-0.3, -0.25) is 4.79 Å². The fourth-order valence-corrected chi connectivity index (χ4v) is 4.24. The Hall–Kier alpha value is -2.84. The number of aromatic nitrogens is 3. The molecule has 4 aromatic rings. The molecule has 8 heteroatoms. The zero-order chi connectivity index (χ0) is 19.3. The Kier molecular flexibility index (Phi) is 5.59. The van der Waals surface area contributed by atoms with Crippen LogP contribution >= 0.6 is 22.7 Å². The third kappa shape index (κ3) is 4.52. The predicted octanol–water partition coefficient (Wildman–Crippen LogP) is 4.48. The molecule has 1 amide bonds. The van der Waals surface area contributed by atoms with Crippen LogP contribution in [0.2, 0.25) is 0 Å². The number of thiophene rings is 1. The molecule has 0 spiro atoms. The lowest BCUT2D eigenvalue weighted by Crippen LogP contribution is -2.22. The van der Waals surface area contributed by atoms with Crippen LogP contribution in [0.15, 0.2) is 52.4 Å². The van der Waals surface area contributed by atoms with Crippen molar-refractivity contribution in [2.75, 3.05) is 0 Å². The highest BCUT2D eigenvalue weighted by molar-refractivity contribution is 7.16. The van der Waals surface area contributed by atoms with Crippen molar-refractivity contribution >= 4 is 28.6 Å². The summed E-state index contributed by atoms with van der Waals surface area (Å²) in [5.41, 5.74) is 1.89. The van der Waals surface area contributed by atoms with Crippen LogP contribution in [0.4, 0.5) is 0 Å². The number of benzene rings is 1. The maximum atomic E-state index is 12.1. The van der Waals surface area contributed by atoms with Crippen molar-refractivity contribution in [2.45, 2.75) is 26.3 Å². The fourth-order valence-electron chi connectivity index (χ4n) is 2.64. The summed E-state index contributed by atoms with van der Waals surface area (Å²) in [5, 5.41) is 10.0. The molecular formula is C20H18N4O2S2. The number of hydrogen-bond acceptors (Lipinski definition) is 7. The molecule has 1 aromatic carbocycles. The van der Waals surface area contributed by atoms with Gasteiger partial charge < -0.3 is 9.84 Å². The van der Waals surface area contributed by atoms with Crippen LogP contribution in [-0.2, 0) is 17.8 Å². The second-order valence-corrected chi connectivity index (χ2v) is 8.40. The maximum absolute atomic E-state index is 12.1. The molecule has 3 heterocycles. The zero-order valence-electron chi connectivity index (χ0n) is 15.2. The Balaban J connectivity index is 1.26. The summed E-state index contributed by atoms with van der Waals surface area (Å²) >= 11 is 3.28. The zero-order valence-corrected chi connectivity index (χ0v) is 16.8. The topological polar surface area (TPSA) is 80.9 Å². The molecule has 6 nitrogen and oxygen atoms in total. The first-order valence-electron chi connectivity index (χ1n) is 8.83. The van der Waals surface area contributed by atoms with Crippen LogP contribution in [0.3, 0.4) is 0 Å². The molecule has 0 aliphatic heterocycles. The standard InChI is InChI=1S/C20H18N4O2S2/c1-13-22-16(12-27-13)17-8-7-15(28-17)11-21-18(25)9-10-19-23-20(24-26-19)14-5-3-2-4-6-14/h2-8,12H,9-11H2,1H3,(H,21,25). The monoisotopic (exact) mass is 410 g/mol. The van der Waals surface area contributed by atoms with Gasteiger partial charge in [-0.25, -0.2) is 4.98 Å². The van der Waals surface area contributed by atoms with Gasteiger partial charge in [-0.05, 0) is 19.1 Å². The number of carbonyl (C=O) groups is 1. The van der Waals surface area contributed by atoms with E-state index in [2.05, 4.69) is 25.8 Å². The molecule has 3 aromatic heterocycles. The van der Waals surface area contributed by atoms with Gasteiger partial charge in [0.1, 0.15) is 0 Å². The Bertz CT molecular complexity index is 1070. The molecule has 0 unspecified atom stereocenters. The van der Waals surface area contributed by atoms with Gasteiger partial charge in [-0.2, -0.15) is 4.98 Å². The van der Waals surface area contributed by atoms with E-state index in [9.17, 15) is 4.79 Å². The number of amides is 1. The molecule has 142 valence electrons. The number of aryl methyl sites for hydroxylation is 2. The molecule has 28 heavy (non-hydrogen) atoms. The molecular weight excluding hydrogens is 392 g/mol. The predicted molar refractivity (Wildman–Crippen MR) is 110 cm³/mol. The van der Waals surface area contributed by atoms with Crippen molar-refractivity contribution < 1.29 is 9.32 Å². The van der Waals surface area contributed by atoms with Gasteiger partial charge in [0.15, 0.2) is 0 Å². The molecule has 0 aliphatic rings. The van der Waals surface area contributed by atoms with Crippen LogP contribution in [0.5, 0.6) is 0 Å². The van der Waals surface area contributed by atoms with E-state index in [4.69, 9.17) is 4.52 Å². The van der Waals surface area contributed by atoms with Crippen LogP contribution in [0.25, 0.3) is 22.0 Å². The van der Waals surface area contributed by atoms with Crippen molar-refractivity contribution in [3.8, 4) is 22.0 Å². The van der Waals surface area contributed by atoms with Crippen LogP contribution < -0.4 is 5.32 Å². The number of carbonyl (C=O) groups excluding carboxylic acids is 1. The summed E-state index contributed by atoms with van der Waals surface area (Å²) in [7, 11) is 0. The minimum atomic E-state index is -0.0427. The van der Waals surface area contributed by atoms with Gasteiger partial charge in [-0.15, -0.1) is 22.7 Å². The van der Waals surface area contributed by atoms with E-state index in [1.165, 1.54) is 0 Å². The van der Waals surface area contributed by atoms with E-state index in [1.807, 2.05) is 49.4 Å². The Morgan fingerprint density at radius 3 is 2.79 bits per heavy atom. The largest absolute Gasteiger partial charge is 0.351 e. The van der Waals surface area contributed by atoms with Crippen molar-refractivity contribution in [1.82, 2.24) is 20.4 Å². The van der Waals surface area contributed by atoms with E-state index < -0.39 is 0 Å². The normalized spacial score (nSPS) is 10.9. The maximum Gasteiger partial charge on any atom is 0.227 e. The summed E-state index contributed by atoms with van der Waals surface area (Å²) in [6.45, 7) is 2.50. The smallest absolute Gasteiger partial charge is 0.227 e. The molecule has 0 atom stereocenters. The Labute approximate surface area is 170 Å². The first-order chi connectivity index (χ1) is 13.7. The molecule has 4 rings (SSSR count). The summed E-state index contributed by atoms with van der Waals surface area (Å²) in [6.07, 6.45) is 0.722. The number of rotatable bonds is 7. The molecule has 1 N–H and O–H groups in total. The van der Waals surface area contributed by atoms with Crippen LogP contribution in [-0.4, -0.2) is 21.0 Å². The number of nitrogens with one attached hydrogen (secondary N) is 1. The lowest BCUT2D eigenvalue weighted by Gasteiger charge is -2.01. The summed E-state index contributed by atoms with van der Waals surface area (Å²) in [4.78, 5) is 23.2. The van der Waals surface area contributed by atoms with Crippen LogP contribution in [0, 0.1) is 6.92 Å². The van der Waals surface area contributed by atoms with Gasteiger partial charge in [0.05, 0.1) is 22.1 Å². The third-order valence-corrected chi connectivity index (χ3v) is 5.94. The molecule has 0 saturated carbocycles. The fraction of sp³-hybridized carbons (Fsp3) is 0.200. The van der Waals surface area contributed by atoms with E-state index in [-0.39, 0.29) is 5.91 Å². The van der Waals surface area contributed by atoms with Gasteiger partial charge in [0.25, 0.3) is 0 Å². The molecule has 0 saturated heterocycles. The second-order valence-electron chi connectivity index (χ2n) is 6.17. The highest BCUT2D eigenvalue weighted by Crippen LogP contribution is 2.28. The van der Waals surface area contributed by atoms with E-state index >= 15 is 0 Å². The average Bonchev–Trinajstić information content (AvgIpc) is 3.46. The van der Waals surface area contributed by atoms with E-state index in [0.717, 1.165) is 26.0 Å². The number of hydrogen-bond donors (Lipinski definition) is 1. The van der Waals surface area contributed by atoms with Gasteiger partial charge >= 0.3 is 0 Å². The first kappa shape index (κ1) is 18.5. The van der Waals surface area contributed by atoms with Gasteiger partial charge in [-0.1, -0.05) is 35.5 Å². The number of nitrogens with zero attached hydrogens (tertiary/aromatic N) is 3. The Morgan fingerprint density at radius 2 is 2.00 bits per heavy atom. The molecule has 0 bridgehead atoms. The molecule has 0 aliphatic carbocycles. The Morgan fingerprint density at radius 1 is 1.14 bits per heavy atom. The van der Waals surface area contributed by atoms with Gasteiger partial charge in [0.2, 0.25) is 17.6 Å². The van der Waals surface area contributed by atoms with E-state index in [0.29, 0.717) is 31.1 Å². The summed E-state index contributed by atoms with van der Waals surface area (Å²) in [6, 6.07) is 13.7. The second kappa shape index (κ2) is 8.45. The SMILES string of the molecule is Cc1nc(-c2ccc(CNC(=O)CCc3nc(-c4ccccc4)no3)s2)cs1. The molecule has 0 radical (unpaired) electrons. The summed E-state index contributed by atoms with van der Waals surface area (Å²) in [5.74, 6) is 0.963. The van der Waals surface area contributed by atoms with Crippen molar-refractivity contribution in [2.24, 2.45) is 0 Å². The van der Waals surface area contributed by atoms with E-state index in [1.54, 1.807) is 22.7 Å².